The fourth-order valence-electron chi connectivity index (χ4n) is 0. The van der Waals surface area contributed by atoms with E-state index < -0.39 is 0 Å². The van der Waals surface area contributed by atoms with Crippen LogP contribution in [0.5, 0.6) is 0 Å². The van der Waals surface area contributed by atoms with E-state index >= 15 is 0 Å². The second-order valence-electron chi connectivity index (χ2n) is 0.585. The molecule has 0 fully saturated rings. The topological polar surface area (TPSA) is 46.1 Å². The van der Waals surface area contributed by atoms with Crippen molar-refractivity contribution in [3.05, 3.63) is 11.1 Å². The second-order valence-corrected chi connectivity index (χ2v) is 0.585. The van der Waals surface area contributed by atoms with E-state index in [2.05, 4.69) is 0 Å². The first kappa shape index (κ1) is 22.6. The Hall–Kier alpha value is 2.78. The van der Waals surface area contributed by atoms with Crippen molar-refractivity contribution < 1.29 is 98.1 Å². The number of nitrogens with one attached hydrogen (secondary N) is 1. The number of hydrogen-bond acceptors (Lipinski definition) is 0. The molecular weight excluding hydrogens is 319 g/mol. The van der Waals surface area contributed by atoms with Gasteiger partial charge in [-0.05, 0) is 0 Å². The molecule has 0 amide bonds. The van der Waals surface area contributed by atoms with Crippen molar-refractivity contribution in [1.82, 2.24) is 0 Å². The molecule has 7 heavy (non-hydrogen) atoms. The molecule has 0 aromatic heterocycles. The number of nitrogens with zero attached hydrogens (tertiary/aromatic N) is 1. The third-order valence-electron chi connectivity index (χ3n) is 0. The van der Waals surface area contributed by atoms with Gasteiger partial charge in [-0.3, -0.25) is 0 Å². The Morgan fingerprint density at radius 3 is 1.29 bits per heavy atom. The number of amidine groups is 1. The maximum atomic E-state index is 7.64. The van der Waals surface area contributed by atoms with Gasteiger partial charge < -0.3 is 17.0 Å². The summed E-state index contributed by atoms with van der Waals surface area (Å²) in [5, 5.41) is 7.64. The van der Waals surface area contributed by atoms with Gasteiger partial charge in [-0.1, -0.05) is 6.92 Å². The molecule has 0 rings (SSSR count). The first-order chi connectivity index (χ1) is 1.73. The maximum Gasteiger partial charge on any atom is 0 e. The van der Waals surface area contributed by atoms with Gasteiger partial charge in [0.05, 0.1) is 0 Å². The van der Waals surface area contributed by atoms with Gasteiger partial charge in [0.1, 0.15) is 0 Å². The van der Waals surface area contributed by atoms with Crippen LogP contribution in [0.3, 0.4) is 0 Å². The van der Waals surface area contributed by atoms with E-state index in [-0.39, 0.29) is 104 Å². The minimum Gasteiger partial charge on any atom is -0.829 e. The predicted molar refractivity (Wildman–Crippen MR) is 18.4 cm³/mol. The SMILES string of the molecule is CC(=[N-])[NH-].[Y].[Y].[Y]. The minimum atomic E-state index is -0.333. The van der Waals surface area contributed by atoms with Crippen LogP contribution in [-0.4, -0.2) is 5.84 Å². The third-order valence-corrected chi connectivity index (χ3v) is 0. The summed E-state index contributed by atoms with van der Waals surface area (Å²) in [6.07, 6.45) is 0. The van der Waals surface area contributed by atoms with Crippen molar-refractivity contribution in [2.75, 3.05) is 0 Å². The van der Waals surface area contributed by atoms with Crippen LogP contribution in [0.4, 0.5) is 0 Å². The molecular formula is C2H4N2Y3-2. The molecule has 2 nitrogen and oxygen atoms in total. The van der Waals surface area contributed by atoms with Crippen LogP contribution in [0.2, 0.25) is 0 Å². The maximum absolute atomic E-state index is 7.64. The molecule has 0 bridgehead atoms. The summed E-state index contributed by atoms with van der Waals surface area (Å²) in [6, 6.07) is 0. The van der Waals surface area contributed by atoms with Crippen molar-refractivity contribution in [3.63, 3.8) is 0 Å². The molecule has 0 saturated heterocycles. The largest absolute Gasteiger partial charge is 0.829 e. The van der Waals surface area contributed by atoms with E-state index in [1.165, 1.54) is 6.92 Å². The van der Waals surface area contributed by atoms with Gasteiger partial charge in [-0.15, -0.1) is 0 Å². The first-order valence-corrected chi connectivity index (χ1v) is 0.974. The minimum absolute atomic E-state index is 0. The normalized spacial score (nSPS) is 3.57. The molecule has 0 aliphatic heterocycles. The average Bonchev–Trinajstić information content (AvgIpc) is 0.811. The Balaban J connectivity index is -0.0000000150. The van der Waals surface area contributed by atoms with E-state index in [0.717, 1.165) is 0 Å². The molecule has 33 valence electrons. The zero-order valence-corrected chi connectivity index (χ0v) is 12.7. The Morgan fingerprint density at radius 1 is 1.29 bits per heavy atom. The van der Waals surface area contributed by atoms with Crippen LogP contribution >= 0.6 is 0 Å². The molecule has 0 aromatic rings. The summed E-state index contributed by atoms with van der Waals surface area (Å²) in [6.45, 7) is 1.31. The fourth-order valence-corrected chi connectivity index (χ4v) is 0. The molecule has 1 N–H and O–H groups in total. The Morgan fingerprint density at radius 2 is 1.29 bits per heavy atom. The van der Waals surface area contributed by atoms with Crippen molar-refractivity contribution in [2.24, 2.45) is 0 Å². The molecule has 3 radical (unpaired) electrons. The number of rotatable bonds is 0. The van der Waals surface area contributed by atoms with E-state index in [1.54, 1.807) is 0 Å². The molecule has 0 atom stereocenters. The van der Waals surface area contributed by atoms with E-state index in [4.69, 9.17) is 11.1 Å². The molecule has 5 heteroatoms. The summed E-state index contributed by atoms with van der Waals surface area (Å²) in [7, 11) is 0. The summed E-state index contributed by atoms with van der Waals surface area (Å²) in [4.78, 5) is 0. The van der Waals surface area contributed by atoms with Crippen LogP contribution in [0.25, 0.3) is 11.1 Å². The van der Waals surface area contributed by atoms with Gasteiger partial charge in [-0.25, -0.2) is 0 Å². The molecule has 0 heterocycles. The standard InChI is InChI=1S/C2H4N2.3Y/c1-2(3)4;;;/h1H3,(H-2,3,4);;;/q-2;;;. The van der Waals surface area contributed by atoms with E-state index in [9.17, 15) is 0 Å². The fraction of sp³-hybridized carbons (Fsp3) is 0.500. The quantitative estimate of drug-likeness (QED) is 0.472. The molecule has 0 aromatic carbocycles. The third kappa shape index (κ3) is 52.2. The summed E-state index contributed by atoms with van der Waals surface area (Å²) in [5.74, 6) is -0.333. The first-order valence-electron chi connectivity index (χ1n) is 0.974. The van der Waals surface area contributed by atoms with Crippen LogP contribution in [0.1, 0.15) is 6.92 Å². The van der Waals surface area contributed by atoms with Crippen LogP contribution < -0.4 is 0 Å². The van der Waals surface area contributed by atoms with Gasteiger partial charge in [0.25, 0.3) is 0 Å². The Bertz CT molecular complexity index is 33.9. The zero-order valence-electron chi connectivity index (χ0n) is 4.18. The Labute approximate surface area is 119 Å². The summed E-state index contributed by atoms with van der Waals surface area (Å²) >= 11 is 0. The van der Waals surface area contributed by atoms with Crippen LogP contribution in [0, 0.1) is 0 Å². The zero-order chi connectivity index (χ0) is 3.58. The number of hydrogen-bond donors (Lipinski definition) is 0. The van der Waals surface area contributed by atoms with Gasteiger partial charge in [0.15, 0.2) is 0 Å². The summed E-state index contributed by atoms with van der Waals surface area (Å²) < 4.78 is 0. The predicted octanol–water partition coefficient (Wildman–Crippen LogP) is 1.02. The molecule has 0 aliphatic carbocycles. The van der Waals surface area contributed by atoms with Gasteiger partial charge in [0.2, 0.25) is 0 Å². The van der Waals surface area contributed by atoms with Gasteiger partial charge in [0, 0.05) is 98.1 Å². The van der Waals surface area contributed by atoms with E-state index in [0.29, 0.717) is 0 Å². The Kier molecular flexibility index (Phi) is 51.3. The molecule has 0 saturated carbocycles. The smallest absolute Gasteiger partial charge is 0 e. The molecule has 0 aliphatic rings. The average molecular weight is 323 g/mol. The van der Waals surface area contributed by atoms with Gasteiger partial charge in [-0.2, -0.15) is 0 Å². The molecule has 0 unspecified atom stereocenters. The van der Waals surface area contributed by atoms with E-state index in [1.807, 2.05) is 0 Å². The molecule has 0 spiro atoms. The monoisotopic (exact) mass is 323 g/mol. The van der Waals surface area contributed by atoms with Crippen molar-refractivity contribution >= 4 is 5.84 Å². The van der Waals surface area contributed by atoms with Crippen molar-refractivity contribution in [2.45, 2.75) is 6.92 Å². The second kappa shape index (κ2) is 15.9. The van der Waals surface area contributed by atoms with Crippen LogP contribution in [0.15, 0.2) is 0 Å². The van der Waals surface area contributed by atoms with Crippen molar-refractivity contribution in [3.8, 4) is 0 Å². The van der Waals surface area contributed by atoms with Crippen molar-refractivity contribution in [1.29, 1.82) is 0 Å². The van der Waals surface area contributed by atoms with Crippen LogP contribution in [-0.2, 0) is 98.1 Å². The van der Waals surface area contributed by atoms with Gasteiger partial charge >= 0.3 is 0 Å². The summed E-state index contributed by atoms with van der Waals surface area (Å²) in [5.41, 5.74) is 6.06.